The largest absolute Gasteiger partial charge is 0.490 e. The summed E-state index contributed by atoms with van der Waals surface area (Å²) in [6.07, 6.45) is -2.89. The van der Waals surface area contributed by atoms with Gasteiger partial charge >= 0.3 is 12.1 Å². The Bertz CT molecular complexity index is 1340. The normalized spacial score (nSPS) is 16.0. The van der Waals surface area contributed by atoms with Crippen LogP contribution in [0, 0.1) is 12.7 Å². The van der Waals surface area contributed by atoms with Crippen LogP contribution in [0.5, 0.6) is 0 Å². The summed E-state index contributed by atoms with van der Waals surface area (Å²) in [5.41, 5.74) is 2.64. The Kier molecular flexibility index (Phi) is 8.99. The Hall–Kier alpha value is -3.65. The lowest BCUT2D eigenvalue weighted by Gasteiger charge is -2.29. The molecule has 1 aliphatic rings. The molecule has 1 atom stereocenters. The highest BCUT2D eigenvalue weighted by molar-refractivity contribution is 7.92. The lowest BCUT2D eigenvalue weighted by atomic mass is 10.1. The molecule has 9 nitrogen and oxygen atoms in total. The van der Waals surface area contributed by atoms with Crippen LogP contribution in [0.3, 0.4) is 0 Å². The van der Waals surface area contributed by atoms with E-state index in [4.69, 9.17) is 9.90 Å². The lowest BCUT2D eigenvalue weighted by molar-refractivity contribution is -0.192. The number of carbonyl (C=O) groups is 1. The molecule has 0 radical (unpaired) electrons. The van der Waals surface area contributed by atoms with Crippen LogP contribution < -0.4 is 9.62 Å². The number of sulfonamides is 1. The summed E-state index contributed by atoms with van der Waals surface area (Å²) in [7, 11) is -2.18. The van der Waals surface area contributed by atoms with Crippen molar-refractivity contribution in [2.75, 3.05) is 29.8 Å². The molecule has 0 bridgehead atoms. The zero-order valence-electron chi connectivity index (χ0n) is 20.4. The standard InChI is InChI=1S/C22H25FN4O3S.C2HF3O2/c1-16-12-21(31(28,29)25-22-9-11-30-24-22)19(23)13-20(16)26(2)18-8-10-27(15-18)14-17-6-4-3-5-7-17;3-2(4,5)1(6)7/h3-7,9,11-13,18H,8,10,14-15H2,1-2H3,(H,24,25);(H,6,7). The van der Waals surface area contributed by atoms with E-state index in [1.54, 1.807) is 6.92 Å². The molecule has 38 heavy (non-hydrogen) atoms. The summed E-state index contributed by atoms with van der Waals surface area (Å²) >= 11 is 0. The topological polar surface area (TPSA) is 116 Å². The summed E-state index contributed by atoms with van der Waals surface area (Å²) < 4.78 is 78.6. The first-order valence-corrected chi connectivity index (χ1v) is 12.8. The zero-order chi connectivity index (χ0) is 28.1. The number of halogens is 4. The summed E-state index contributed by atoms with van der Waals surface area (Å²) in [6.45, 7) is 4.49. The van der Waals surface area contributed by atoms with Crippen LogP contribution >= 0.6 is 0 Å². The van der Waals surface area contributed by atoms with Crippen LogP contribution in [0.25, 0.3) is 0 Å². The molecule has 3 aromatic rings. The van der Waals surface area contributed by atoms with Gasteiger partial charge in [0.15, 0.2) is 5.82 Å². The Morgan fingerprint density at radius 3 is 2.47 bits per heavy atom. The van der Waals surface area contributed by atoms with Crippen molar-refractivity contribution in [2.45, 2.75) is 37.0 Å². The van der Waals surface area contributed by atoms with E-state index in [1.165, 1.54) is 30.0 Å². The number of hydrogen-bond acceptors (Lipinski definition) is 7. The van der Waals surface area contributed by atoms with Crippen molar-refractivity contribution in [1.29, 1.82) is 0 Å². The van der Waals surface area contributed by atoms with Crippen molar-refractivity contribution in [2.24, 2.45) is 0 Å². The van der Waals surface area contributed by atoms with Gasteiger partial charge in [0.1, 0.15) is 17.0 Å². The minimum absolute atomic E-state index is 0.00251. The number of aryl methyl sites for hydroxylation is 1. The molecule has 206 valence electrons. The van der Waals surface area contributed by atoms with Gasteiger partial charge in [-0.2, -0.15) is 13.2 Å². The van der Waals surface area contributed by atoms with Crippen molar-refractivity contribution < 1.29 is 40.4 Å². The first-order chi connectivity index (χ1) is 17.8. The minimum Gasteiger partial charge on any atom is -0.475 e. The molecule has 1 aromatic heterocycles. The van der Waals surface area contributed by atoms with E-state index < -0.39 is 32.9 Å². The van der Waals surface area contributed by atoms with Crippen LogP contribution in [0.2, 0.25) is 0 Å². The number of alkyl halides is 3. The molecule has 4 rings (SSSR count). The highest BCUT2D eigenvalue weighted by atomic mass is 32.2. The molecule has 0 saturated carbocycles. The van der Waals surface area contributed by atoms with Gasteiger partial charge in [0.05, 0.1) is 0 Å². The van der Waals surface area contributed by atoms with Crippen LogP contribution in [-0.4, -0.2) is 61.9 Å². The smallest absolute Gasteiger partial charge is 0.475 e. The molecule has 2 heterocycles. The van der Waals surface area contributed by atoms with E-state index >= 15 is 0 Å². The number of carboxylic acid groups (broad SMARTS) is 1. The number of rotatable bonds is 7. The number of nitrogens with one attached hydrogen (secondary N) is 1. The third kappa shape index (κ3) is 7.44. The number of nitrogens with zero attached hydrogens (tertiary/aromatic N) is 3. The zero-order valence-corrected chi connectivity index (χ0v) is 21.3. The van der Waals surface area contributed by atoms with Gasteiger partial charge in [-0.25, -0.2) is 17.6 Å². The quantitative estimate of drug-likeness (QED) is 0.413. The fraction of sp³-hybridized carbons (Fsp3) is 0.333. The van der Waals surface area contributed by atoms with Crippen LogP contribution in [0.4, 0.5) is 29.1 Å². The van der Waals surface area contributed by atoms with Crippen molar-refractivity contribution >= 4 is 27.5 Å². The number of hydrogen-bond donors (Lipinski definition) is 2. The maximum Gasteiger partial charge on any atom is 0.490 e. The molecule has 2 aromatic carbocycles. The second-order valence-electron chi connectivity index (χ2n) is 8.64. The molecule has 14 heteroatoms. The monoisotopic (exact) mass is 558 g/mol. The first kappa shape index (κ1) is 28.9. The van der Waals surface area contributed by atoms with E-state index in [1.807, 2.05) is 30.1 Å². The van der Waals surface area contributed by atoms with Gasteiger partial charge in [-0.05, 0) is 36.6 Å². The van der Waals surface area contributed by atoms with Crippen LogP contribution in [0.1, 0.15) is 17.5 Å². The lowest BCUT2D eigenvalue weighted by Crippen LogP contribution is -2.35. The van der Waals surface area contributed by atoms with E-state index in [9.17, 15) is 26.0 Å². The highest BCUT2D eigenvalue weighted by Gasteiger charge is 2.38. The maximum atomic E-state index is 14.9. The van der Waals surface area contributed by atoms with E-state index in [2.05, 4.69) is 31.4 Å². The van der Waals surface area contributed by atoms with Gasteiger partial charge in [-0.1, -0.05) is 35.5 Å². The summed E-state index contributed by atoms with van der Waals surface area (Å²) in [5.74, 6) is -3.56. The number of carboxylic acids is 1. The Balaban J connectivity index is 0.000000505. The number of anilines is 2. The average molecular weight is 559 g/mol. The van der Waals surface area contributed by atoms with Crippen molar-refractivity contribution in [3.8, 4) is 0 Å². The van der Waals surface area contributed by atoms with Crippen molar-refractivity contribution in [3.63, 3.8) is 0 Å². The number of aromatic nitrogens is 1. The summed E-state index contributed by atoms with van der Waals surface area (Å²) in [5, 5.41) is 10.6. The Labute approximate surface area is 216 Å². The van der Waals surface area contributed by atoms with E-state index in [0.29, 0.717) is 11.3 Å². The van der Waals surface area contributed by atoms with Gasteiger partial charge in [0.2, 0.25) is 0 Å². The fourth-order valence-electron chi connectivity index (χ4n) is 4.00. The Morgan fingerprint density at radius 1 is 1.24 bits per heavy atom. The molecule has 0 spiro atoms. The molecule has 1 saturated heterocycles. The Morgan fingerprint density at radius 2 is 1.89 bits per heavy atom. The van der Waals surface area contributed by atoms with Crippen LogP contribution in [-0.2, 0) is 21.4 Å². The van der Waals surface area contributed by atoms with Crippen molar-refractivity contribution in [1.82, 2.24) is 10.1 Å². The SMILES string of the molecule is Cc1cc(S(=O)(=O)Nc2ccon2)c(F)cc1N(C)C1CCN(Cc2ccccc2)C1.O=C(O)C(F)(F)F. The molecule has 1 fully saturated rings. The fourth-order valence-corrected chi connectivity index (χ4v) is 5.14. The predicted molar refractivity (Wildman–Crippen MR) is 131 cm³/mol. The summed E-state index contributed by atoms with van der Waals surface area (Å²) in [6, 6.07) is 14.5. The maximum absolute atomic E-state index is 14.9. The van der Waals surface area contributed by atoms with E-state index in [-0.39, 0.29) is 11.9 Å². The second kappa shape index (κ2) is 11.8. The number of aliphatic carboxylic acids is 1. The van der Waals surface area contributed by atoms with Gasteiger partial charge in [-0.15, -0.1) is 0 Å². The minimum atomic E-state index is -5.08. The number of likely N-dealkylation sites (tertiary alicyclic amines) is 1. The predicted octanol–water partition coefficient (Wildman–Crippen LogP) is 4.27. The first-order valence-electron chi connectivity index (χ1n) is 11.3. The van der Waals surface area contributed by atoms with Gasteiger partial charge in [0, 0.05) is 44.5 Å². The molecule has 1 unspecified atom stereocenters. The number of likely N-dealkylation sites (N-methyl/N-ethyl adjacent to an activating group) is 1. The molecular weight excluding hydrogens is 532 g/mol. The van der Waals surface area contributed by atoms with Gasteiger partial charge in [-0.3, -0.25) is 9.62 Å². The molecule has 1 aliphatic heterocycles. The third-order valence-corrected chi connectivity index (χ3v) is 7.25. The second-order valence-corrected chi connectivity index (χ2v) is 10.3. The number of benzene rings is 2. The third-order valence-electron chi connectivity index (χ3n) is 5.88. The van der Waals surface area contributed by atoms with Gasteiger partial charge < -0.3 is 14.5 Å². The molecular formula is C24H26F4N4O5S. The molecule has 0 amide bonds. The highest BCUT2D eigenvalue weighted by Crippen LogP contribution is 2.30. The molecule has 2 N–H and O–H groups in total. The van der Waals surface area contributed by atoms with E-state index in [0.717, 1.165) is 26.1 Å². The average Bonchev–Trinajstić information content (AvgIpc) is 3.52. The van der Waals surface area contributed by atoms with Crippen LogP contribution in [0.15, 0.2) is 64.2 Å². The summed E-state index contributed by atoms with van der Waals surface area (Å²) in [4.78, 5) is 12.9. The van der Waals surface area contributed by atoms with Gasteiger partial charge in [0.25, 0.3) is 10.0 Å². The van der Waals surface area contributed by atoms with Crippen molar-refractivity contribution in [3.05, 3.63) is 71.7 Å². The molecule has 0 aliphatic carbocycles.